The first-order valence-electron chi connectivity index (χ1n) is 7.82. The number of nitrogens with one attached hydrogen (secondary N) is 1. The molecule has 0 heterocycles. The van der Waals surface area contributed by atoms with Gasteiger partial charge in [-0.2, -0.15) is 0 Å². The van der Waals surface area contributed by atoms with Gasteiger partial charge in [0, 0.05) is 24.7 Å². The van der Waals surface area contributed by atoms with Crippen LogP contribution in [0.25, 0.3) is 0 Å². The largest absolute Gasteiger partial charge is 0.314 e. The Balaban J connectivity index is 1.33. The summed E-state index contributed by atoms with van der Waals surface area (Å²) in [5, 5.41) is 3.63. The molecule has 1 N–H and O–H groups in total. The van der Waals surface area contributed by atoms with Crippen molar-refractivity contribution in [3.8, 4) is 0 Å². The van der Waals surface area contributed by atoms with Gasteiger partial charge in [0.1, 0.15) is 0 Å². The molecule has 98 valence electrons. The van der Waals surface area contributed by atoms with E-state index in [-0.39, 0.29) is 0 Å². The lowest BCUT2D eigenvalue weighted by atomic mass is 10.1. The predicted molar refractivity (Wildman–Crippen MR) is 72.2 cm³/mol. The molecule has 0 spiro atoms. The van der Waals surface area contributed by atoms with Gasteiger partial charge >= 0.3 is 0 Å². The zero-order valence-corrected chi connectivity index (χ0v) is 11.3. The summed E-state index contributed by atoms with van der Waals surface area (Å²) in [5.41, 5.74) is 0. The molecule has 1 unspecified atom stereocenters. The third-order valence-electron chi connectivity index (χ3n) is 4.56. The Morgan fingerprint density at radius 2 is 1.88 bits per heavy atom. The van der Waals surface area contributed by atoms with Gasteiger partial charge in [0.15, 0.2) is 0 Å². The summed E-state index contributed by atoms with van der Waals surface area (Å²) in [6.07, 6.45) is 11.5. The molecule has 3 fully saturated rings. The molecule has 3 rings (SSSR count). The van der Waals surface area contributed by atoms with E-state index in [1.807, 2.05) is 0 Å². The lowest BCUT2D eigenvalue weighted by Gasteiger charge is -2.29. The molecule has 0 radical (unpaired) electrons. The predicted octanol–water partition coefficient (Wildman–Crippen LogP) is 2.78. The van der Waals surface area contributed by atoms with Gasteiger partial charge in [-0.3, -0.25) is 4.90 Å². The molecule has 17 heavy (non-hydrogen) atoms. The molecular formula is C15H28N2. The van der Waals surface area contributed by atoms with Crippen molar-refractivity contribution < 1.29 is 0 Å². The molecule has 3 saturated carbocycles. The smallest absolute Gasteiger partial charge is 0.00993 e. The minimum atomic E-state index is 0.823. The van der Waals surface area contributed by atoms with Crippen LogP contribution in [0.1, 0.15) is 58.3 Å². The summed E-state index contributed by atoms with van der Waals surface area (Å²) in [6, 6.07) is 2.67. The number of hydrogen-bond donors (Lipinski definition) is 1. The summed E-state index contributed by atoms with van der Waals surface area (Å²) in [5.74, 6) is 1.06. The molecule has 0 saturated heterocycles. The molecule has 0 aromatic rings. The van der Waals surface area contributed by atoms with Crippen molar-refractivity contribution in [3.05, 3.63) is 0 Å². The van der Waals surface area contributed by atoms with E-state index in [2.05, 4.69) is 17.1 Å². The Morgan fingerprint density at radius 1 is 1.12 bits per heavy atom. The van der Waals surface area contributed by atoms with E-state index in [4.69, 9.17) is 0 Å². The van der Waals surface area contributed by atoms with Crippen LogP contribution in [0.3, 0.4) is 0 Å². The Labute approximate surface area is 106 Å². The second kappa shape index (κ2) is 5.27. The second-order valence-corrected chi connectivity index (χ2v) is 6.59. The Kier molecular flexibility index (Phi) is 3.72. The maximum atomic E-state index is 3.63. The molecule has 0 bridgehead atoms. The average molecular weight is 236 g/mol. The van der Waals surface area contributed by atoms with Crippen LogP contribution < -0.4 is 5.32 Å². The van der Waals surface area contributed by atoms with Crippen molar-refractivity contribution in [1.29, 1.82) is 0 Å². The summed E-state index contributed by atoms with van der Waals surface area (Å²) in [6.45, 7) is 5.11. The quantitative estimate of drug-likeness (QED) is 0.619. The van der Waals surface area contributed by atoms with Crippen LogP contribution in [0.2, 0.25) is 0 Å². The molecule has 0 amide bonds. The first-order valence-corrected chi connectivity index (χ1v) is 7.82. The van der Waals surface area contributed by atoms with E-state index in [1.54, 1.807) is 0 Å². The fourth-order valence-corrected chi connectivity index (χ4v) is 2.85. The van der Waals surface area contributed by atoms with Crippen LogP contribution >= 0.6 is 0 Å². The molecular weight excluding hydrogens is 208 g/mol. The van der Waals surface area contributed by atoms with Gasteiger partial charge in [0.25, 0.3) is 0 Å². The van der Waals surface area contributed by atoms with Crippen LogP contribution in [0.5, 0.6) is 0 Å². The summed E-state index contributed by atoms with van der Waals surface area (Å²) >= 11 is 0. The zero-order valence-electron chi connectivity index (χ0n) is 11.3. The zero-order chi connectivity index (χ0) is 11.7. The first-order chi connectivity index (χ1) is 8.33. The van der Waals surface area contributed by atoms with E-state index in [0.29, 0.717) is 0 Å². The fraction of sp³-hybridized carbons (Fsp3) is 1.00. The van der Waals surface area contributed by atoms with E-state index in [0.717, 1.165) is 24.0 Å². The minimum Gasteiger partial charge on any atom is -0.314 e. The van der Waals surface area contributed by atoms with Crippen molar-refractivity contribution in [1.82, 2.24) is 10.2 Å². The summed E-state index contributed by atoms with van der Waals surface area (Å²) in [7, 11) is 0. The fourth-order valence-electron chi connectivity index (χ4n) is 2.85. The van der Waals surface area contributed by atoms with Crippen LogP contribution in [0.4, 0.5) is 0 Å². The van der Waals surface area contributed by atoms with Crippen molar-refractivity contribution in [2.24, 2.45) is 5.92 Å². The van der Waals surface area contributed by atoms with E-state index in [9.17, 15) is 0 Å². The van der Waals surface area contributed by atoms with E-state index in [1.165, 1.54) is 64.5 Å². The van der Waals surface area contributed by atoms with Crippen molar-refractivity contribution in [3.63, 3.8) is 0 Å². The van der Waals surface area contributed by atoms with E-state index < -0.39 is 0 Å². The lowest BCUT2D eigenvalue weighted by molar-refractivity contribution is 0.179. The molecule has 0 aromatic carbocycles. The number of rotatable bonds is 9. The minimum absolute atomic E-state index is 0.823. The van der Waals surface area contributed by atoms with Crippen molar-refractivity contribution in [2.75, 3.05) is 13.1 Å². The van der Waals surface area contributed by atoms with Gasteiger partial charge in [-0.15, -0.1) is 0 Å². The van der Waals surface area contributed by atoms with Gasteiger partial charge < -0.3 is 5.32 Å². The molecule has 0 aromatic heterocycles. The van der Waals surface area contributed by atoms with Crippen LogP contribution in [-0.2, 0) is 0 Å². The topological polar surface area (TPSA) is 15.3 Å². The molecule has 3 aliphatic carbocycles. The SMILES string of the molecule is CC(CCCNC1CC1)N(CC1CC1)C1CC1. The molecule has 1 atom stereocenters. The van der Waals surface area contributed by atoms with E-state index >= 15 is 0 Å². The monoisotopic (exact) mass is 236 g/mol. The molecule has 2 nitrogen and oxygen atoms in total. The Bertz CT molecular complexity index is 241. The molecule has 0 aliphatic heterocycles. The molecule has 2 heteroatoms. The van der Waals surface area contributed by atoms with Gasteiger partial charge in [-0.05, 0) is 70.8 Å². The van der Waals surface area contributed by atoms with Crippen molar-refractivity contribution in [2.45, 2.75) is 76.4 Å². The highest BCUT2D eigenvalue weighted by atomic mass is 15.2. The highest BCUT2D eigenvalue weighted by Crippen LogP contribution is 2.36. The second-order valence-electron chi connectivity index (χ2n) is 6.59. The van der Waals surface area contributed by atoms with Crippen molar-refractivity contribution >= 4 is 0 Å². The Morgan fingerprint density at radius 3 is 2.47 bits per heavy atom. The maximum absolute atomic E-state index is 3.63. The lowest BCUT2D eigenvalue weighted by Crippen LogP contribution is -2.37. The standard InChI is InChI=1S/C15H28N2/c1-12(3-2-10-16-14-6-7-14)17(15-8-9-15)11-13-4-5-13/h12-16H,2-11H2,1H3. The third-order valence-corrected chi connectivity index (χ3v) is 4.56. The van der Waals surface area contributed by atoms with Gasteiger partial charge in [-0.25, -0.2) is 0 Å². The number of nitrogens with zero attached hydrogens (tertiary/aromatic N) is 1. The van der Waals surface area contributed by atoms with Crippen LogP contribution in [-0.4, -0.2) is 36.1 Å². The van der Waals surface area contributed by atoms with Gasteiger partial charge in [-0.1, -0.05) is 0 Å². The summed E-state index contributed by atoms with van der Waals surface area (Å²) < 4.78 is 0. The van der Waals surface area contributed by atoms with Gasteiger partial charge in [0.2, 0.25) is 0 Å². The Hall–Kier alpha value is -0.0800. The summed E-state index contributed by atoms with van der Waals surface area (Å²) in [4.78, 5) is 2.83. The third kappa shape index (κ3) is 3.96. The normalized spacial score (nSPS) is 26.5. The first kappa shape index (κ1) is 12.0. The average Bonchev–Trinajstić information content (AvgIpc) is 3.14. The van der Waals surface area contributed by atoms with Crippen LogP contribution in [0.15, 0.2) is 0 Å². The van der Waals surface area contributed by atoms with Gasteiger partial charge in [0.05, 0.1) is 0 Å². The highest BCUT2D eigenvalue weighted by molar-refractivity contribution is 4.91. The maximum Gasteiger partial charge on any atom is 0.00993 e. The molecule has 3 aliphatic rings. The number of hydrogen-bond acceptors (Lipinski definition) is 2. The van der Waals surface area contributed by atoms with Crippen LogP contribution in [0, 0.1) is 5.92 Å². The highest BCUT2D eigenvalue weighted by Gasteiger charge is 2.35.